The van der Waals surface area contributed by atoms with Gasteiger partial charge in [-0.1, -0.05) is 218 Å². The molecule has 2 heterocycles. The van der Waals surface area contributed by atoms with Crippen LogP contribution in [0.25, 0.3) is 0 Å². The Morgan fingerprint density at radius 3 is 1.06 bits per heavy atom. The number of rotatable bonds is 32. The van der Waals surface area contributed by atoms with E-state index < -0.39 is 69.2 Å². The maximum atomic E-state index is 14.5. The first-order valence-electron chi connectivity index (χ1n) is 28.7. The Kier molecular flexibility index (Phi) is 23.5. The van der Waals surface area contributed by atoms with Crippen molar-refractivity contribution in [1.82, 2.24) is 0 Å². The van der Waals surface area contributed by atoms with Crippen LogP contribution in [0.1, 0.15) is 33.4 Å². The number of para-hydroxylation sites is 2. The van der Waals surface area contributed by atoms with Crippen molar-refractivity contribution in [1.29, 1.82) is 0 Å². The monoisotopic (exact) mass is 1170 g/mol. The lowest BCUT2D eigenvalue weighted by Crippen LogP contribution is -2.66. The Labute approximate surface area is 498 Å². The topological polar surface area (TPSA) is 146 Å². The molecule has 0 aliphatic carbocycles. The molecular weight excluding hydrogens is 1100 g/mol. The maximum Gasteiger partial charge on any atom is 0.587 e. The second-order valence-corrected chi connectivity index (χ2v) is 21.9. The van der Waals surface area contributed by atoms with Crippen molar-refractivity contribution < 1.29 is 70.2 Å². The summed E-state index contributed by atoms with van der Waals surface area (Å²) in [6.45, 7) is 1.05. The van der Waals surface area contributed by atoms with E-state index in [1.165, 1.54) is 7.11 Å². The number of hydrogen-bond acceptors (Lipinski definition) is 15. The van der Waals surface area contributed by atoms with Crippen LogP contribution in [0.15, 0.2) is 243 Å². The Balaban J connectivity index is 1.01. The molecule has 2 fully saturated rings. The highest BCUT2D eigenvalue weighted by molar-refractivity contribution is 7.49. The van der Waals surface area contributed by atoms with Crippen molar-refractivity contribution >= 4 is 7.82 Å². The van der Waals surface area contributed by atoms with Gasteiger partial charge in [-0.2, -0.15) is 0 Å². The average molecular weight is 1170 g/mol. The molecule has 0 N–H and O–H groups in total. The fraction of sp³-hybridized carbons (Fsp3) is 0.304. The third-order valence-electron chi connectivity index (χ3n) is 14.2. The number of hydrogen-bond donors (Lipinski definition) is 0. The van der Waals surface area contributed by atoms with Gasteiger partial charge in [0.1, 0.15) is 60.3 Å². The molecule has 0 spiro atoms. The molecule has 10 rings (SSSR count). The van der Waals surface area contributed by atoms with Crippen molar-refractivity contribution in [3.8, 4) is 11.5 Å². The largest absolute Gasteiger partial charge is 0.587 e. The third kappa shape index (κ3) is 18.6. The molecule has 0 radical (unpaired) electrons. The van der Waals surface area contributed by atoms with E-state index in [9.17, 15) is 4.57 Å². The van der Waals surface area contributed by atoms with Gasteiger partial charge in [-0.25, -0.2) is 4.57 Å². The molecule has 0 unspecified atom stereocenters. The fourth-order valence-corrected chi connectivity index (χ4v) is 11.2. The van der Waals surface area contributed by atoms with E-state index >= 15 is 0 Å². The van der Waals surface area contributed by atoms with Gasteiger partial charge in [-0.15, -0.1) is 0 Å². The number of phosphoric ester groups is 1. The molecule has 0 saturated carbocycles. The van der Waals surface area contributed by atoms with Crippen LogP contribution in [0.5, 0.6) is 11.5 Å². The van der Waals surface area contributed by atoms with Gasteiger partial charge in [0.05, 0.1) is 66.1 Å². The highest BCUT2D eigenvalue weighted by Gasteiger charge is 2.54. The van der Waals surface area contributed by atoms with Crippen LogP contribution >= 0.6 is 7.82 Å². The maximum absolute atomic E-state index is 14.5. The minimum atomic E-state index is -4.31. The summed E-state index contributed by atoms with van der Waals surface area (Å²) in [5.41, 5.74) is 5.67. The first kappa shape index (κ1) is 61.2. The Morgan fingerprint density at radius 2 is 0.659 bits per heavy atom. The molecule has 0 amide bonds. The van der Waals surface area contributed by atoms with Gasteiger partial charge in [0.15, 0.2) is 12.6 Å². The molecule has 2 aliphatic rings. The van der Waals surface area contributed by atoms with Crippen molar-refractivity contribution in [2.75, 3.05) is 33.5 Å². The third-order valence-corrected chi connectivity index (χ3v) is 15.6. The van der Waals surface area contributed by atoms with Gasteiger partial charge in [0, 0.05) is 7.11 Å². The predicted molar refractivity (Wildman–Crippen MR) is 319 cm³/mol. The van der Waals surface area contributed by atoms with E-state index in [-0.39, 0.29) is 59.5 Å². The van der Waals surface area contributed by atoms with Crippen LogP contribution < -0.4 is 9.05 Å². The molecule has 0 bridgehead atoms. The molecule has 0 aromatic heterocycles. The van der Waals surface area contributed by atoms with Gasteiger partial charge < -0.3 is 61.2 Å². The van der Waals surface area contributed by atoms with Crippen LogP contribution in [0.4, 0.5) is 0 Å². The zero-order chi connectivity index (χ0) is 58.1. The molecule has 444 valence electrons. The lowest BCUT2D eigenvalue weighted by atomic mass is 9.95. The molecule has 2 aliphatic heterocycles. The van der Waals surface area contributed by atoms with Crippen molar-refractivity contribution in [2.24, 2.45) is 0 Å². The van der Waals surface area contributed by atoms with Crippen molar-refractivity contribution in [3.63, 3.8) is 0 Å². The van der Waals surface area contributed by atoms with E-state index in [1.54, 1.807) is 48.5 Å². The highest BCUT2D eigenvalue weighted by Crippen LogP contribution is 2.49. The van der Waals surface area contributed by atoms with Gasteiger partial charge in [-0.3, -0.25) is 4.52 Å². The van der Waals surface area contributed by atoms with Crippen LogP contribution in [0, 0.1) is 0 Å². The molecule has 15 nitrogen and oxygen atoms in total. The molecule has 2 saturated heterocycles. The standard InChI is InChI=1S/C69H73O15P/c1-71-68-66(74-42-43-79-85(70,83-58-38-22-8-23-39-58)84-59-40-24-9-25-41-59)65(77-48-56-34-18-6-19-35-56)63(61(80-68)51-73-45-53-28-12-3-13-29-53)82-69-67(78-49-57-36-20-7-21-37-57)64(76-47-55-32-16-5-17-33-55)62(75-46-54-30-14-4-15-31-54)60(81-69)50-72-44-52-26-10-2-11-27-52/h2-41,60-69H,42-51H2,1H3/t60-,61-,62+,63+,64+,65+,66-,67-,68-,69-/m1/s1. The number of ether oxygens (including phenoxy) is 11. The minimum Gasteiger partial charge on any atom is -0.395 e. The summed E-state index contributed by atoms with van der Waals surface area (Å²) in [7, 11) is -2.78. The number of methoxy groups -OCH3 is 1. The molecule has 8 aromatic carbocycles. The lowest BCUT2D eigenvalue weighted by molar-refractivity contribution is -0.375. The summed E-state index contributed by atoms with van der Waals surface area (Å²) in [4.78, 5) is 0. The van der Waals surface area contributed by atoms with Crippen molar-refractivity contribution in [3.05, 3.63) is 276 Å². The van der Waals surface area contributed by atoms with E-state index in [1.807, 2.05) is 194 Å². The zero-order valence-electron chi connectivity index (χ0n) is 47.5. The van der Waals surface area contributed by atoms with Crippen LogP contribution in [-0.4, -0.2) is 94.9 Å². The quantitative estimate of drug-likeness (QED) is 0.0291. The van der Waals surface area contributed by atoms with Crippen LogP contribution in [0.3, 0.4) is 0 Å². The highest BCUT2D eigenvalue weighted by atomic mass is 31.2. The summed E-state index contributed by atoms with van der Waals surface area (Å²) in [5, 5.41) is 0. The van der Waals surface area contributed by atoms with Gasteiger partial charge in [0.25, 0.3) is 0 Å². The van der Waals surface area contributed by atoms with E-state index in [0.717, 1.165) is 33.4 Å². The average Bonchev–Trinajstić information content (AvgIpc) is 2.80. The lowest BCUT2D eigenvalue weighted by Gasteiger charge is -2.50. The van der Waals surface area contributed by atoms with Crippen molar-refractivity contribution in [2.45, 2.75) is 101 Å². The van der Waals surface area contributed by atoms with E-state index in [4.69, 9.17) is 65.7 Å². The SMILES string of the molecule is CO[C@@H]1O[C@H](COCc2ccccc2)[C@H](O[C@H]2O[C@H](COCc3ccccc3)[C@H](OCc3ccccc3)[C@H](OCc3ccccc3)[C@H]2OCc2ccccc2)[C@H](OCc2ccccc2)[C@H]1OCCOP(=O)(Oc1ccccc1)Oc1ccccc1. The van der Waals surface area contributed by atoms with Crippen LogP contribution in [-0.2, 0) is 101 Å². The second-order valence-electron chi connectivity index (χ2n) is 20.4. The summed E-state index contributed by atoms with van der Waals surface area (Å²) in [5.74, 6) is 0.584. The second kappa shape index (κ2) is 32.6. The molecule has 8 aromatic rings. The summed E-state index contributed by atoms with van der Waals surface area (Å²) in [6.07, 6.45) is -9.43. The Morgan fingerprint density at radius 1 is 0.341 bits per heavy atom. The van der Waals surface area contributed by atoms with E-state index in [0.29, 0.717) is 18.1 Å². The minimum absolute atomic E-state index is 0.0277. The fourth-order valence-electron chi connectivity index (χ4n) is 10.0. The van der Waals surface area contributed by atoms with Gasteiger partial charge in [0.2, 0.25) is 0 Å². The summed E-state index contributed by atoms with van der Waals surface area (Å²) in [6, 6.07) is 76.9. The normalized spacial score (nSPS) is 22.4. The van der Waals surface area contributed by atoms with Gasteiger partial charge >= 0.3 is 7.82 Å². The Bertz CT molecular complexity index is 3100. The molecular formula is C69H73O15P. The zero-order valence-corrected chi connectivity index (χ0v) is 48.4. The predicted octanol–water partition coefficient (Wildman–Crippen LogP) is 12.9. The molecule has 10 atom stereocenters. The Hall–Kier alpha value is -6.89. The first-order valence-corrected chi connectivity index (χ1v) is 30.1. The van der Waals surface area contributed by atoms with Gasteiger partial charge in [-0.05, 0) is 57.6 Å². The smallest absolute Gasteiger partial charge is 0.395 e. The molecule has 16 heteroatoms. The first-order chi connectivity index (χ1) is 41.9. The number of phosphoric acid groups is 1. The molecule has 85 heavy (non-hydrogen) atoms. The summed E-state index contributed by atoms with van der Waals surface area (Å²) < 4.78 is 109. The van der Waals surface area contributed by atoms with E-state index in [2.05, 4.69) is 0 Å². The summed E-state index contributed by atoms with van der Waals surface area (Å²) >= 11 is 0. The number of benzene rings is 8. The van der Waals surface area contributed by atoms with Crippen LogP contribution in [0.2, 0.25) is 0 Å².